The van der Waals surface area contributed by atoms with Gasteiger partial charge in [0.05, 0.1) is 0 Å². The largest absolute Gasteiger partial charge is 0.276 e. The summed E-state index contributed by atoms with van der Waals surface area (Å²) in [5, 5.41) is 0.680. The van der Waals surface area contributed by atoms with Crippen molar-refractivity contribution in [3.05, 3.63) is 34.9 Å². The fourth-order valence-electron chi connectivity index (χ4n) is 1.27. The number of benzene rings is 1. The Bertz CT molecular complexity index is 431. The van der Waals surface area contributed by atoms with Gasteiger partial charge in [-0.25, -0.2) is 9.44 Å². The highest BCUT2D eigenvalue weighted by Crippen LogP contribution is 2.09. The Hall–Kier alpha value is -0.620. The van der Waals surface area contributed by atoms with E-state index in [1.54, 1.807) is 12.1 Å². The molecule has 0 atom stereocenters. The van der Waals surface area contributed by atoms with Crippen molar-refractivity contribution in [1.29, 1.82) is 0 Å². The van der Waals surface area contributed by atoms with E-state index in [1.807, 2.05) is 19.1 Å². The van der Waals surface area contributed by atoms with E-state index < -0.39 is 10.2 Å². The molecular formula is C11H17ClN2O2S. The van der Waals surface area contributed by atoms with E-state index in [0.717, 1.165) is 12.0 Å². The number of nitrogens with one attached hydrogen (secondary N) is 2. The fraction of sp³-hybridized carbons (Fsp3) is 0.455. The van der Waals surface area contributed by atoms with Crippen molar-refractivity contribution in [2.45, 2.75) is 19.8 Å². The van der Waals surface area contributed by atoms with E-state index in [2.05, 4.69) is 9.44 Å². The first kappa shape index (κ1) is 14.4. The Morgan fingerprint density at radius 3 is 2.29 bits per heavy atom. The van der Waals surface area contributed by atoms with Crippen LogP contribution in [-0.4, -0.2) is 21.5 Å². The molecular weight excluding hydrogens is 260 g/mol. The van der Waals surface area contributed by atoms with Crippen molar-refractivity contribution in [3.63, 3.8) is 0 Å². The molecule has 0 amide bonds. The molecule has 0 bridgehead atoms. The molecule has 1 aromatic carbocycles. The lowest BCUT2D eigenvalue weighted by Crippen LogP contribution is -2.37. The van der Waals surface area contributed by atoms with Gasteiger partial charge in [0.2, 0.25) is 0 Å². The summed E-state index contributed by atoms with van der Waals surface area (Å²) >= 11 is 5.75. The van der Waals surface area contributed by atoms with E-state index in [-0.39, 0.29) is 0 Å². The van der Waals surface area contributed by atoms with Crippen LogP contribution in [0.4, 0.5) is 0 Å². The highest BCUT2D eigenvalue weighted by atomic mass is 35.5. The van der Waals surface area contributed by atoms with Gasteiger partial charge in [-0.3, -0.25) is 0 Å². The van der Waals surface area contributed by atoms with Crippen molar-refractivity contribution in [2.75, 3.05) is 13.1 Å². The van der Waals surface area contributed by atoms with Crippen LogP contribution in [0.2, 0.25) is 5.02 Å². The van der Waals surface area contributed by atoms with Gasteiger partial charge < -0.3 is 0 Å². The van der Waals surface area contributed by atoms with Gasteiger partial charge in [0.15, 0.2) is 0 Å². The Labute approximate surface area is 108 Å². The number of rotatable bonds is 7. The molecule has 6 heteroatoms. The summed E-state index contributed by atoms with van der Waals surface area (Å²) < 4.78 is 27.7. The average molecular weight is 277 g/mol. The van der Waals surface area contributed by atoms with Crippen LogP contribution in [0.15, 0.2) is 24.3 Å². The SMILES string of the molecule is CCCNS(=O)(=O)NCCc1ccc(Cl)cc1. The van der Waals surface area contributed by atoms with Gasteiger partial charge in [-0.05, 0) is 30.5 Å². The molecule has 0 aliphatic heterocycles. The van der Waals surface area contributed by atoms with Gasteiger partial charge in [0, 0.05) is 18.1 Å². The van der Waals surface area contributed by atoms with E-state index in [9.17, 15) is 8.42 Å². The molecule has 0 spiro atoms. The second-order valence-electron chi connectivity index (χ2n) is 3.67. The number of hydrogen-bond donors (Lipinski definition) is 2. The third kappa shape index (κ3) is 6.02. The van der Waals surface area contributed by atoms with E-state index >= 15 is 0 Å². The summed E-state index contributed by atoms with van der Waals surface area (Å²) in [5.74, 6) is 0. The zero-order valence-corrected chi connectivity index (χ0v) is 11.3. The second-order valence-corrected chi connectivity index (χ2v) is 5.69. The average Bonchev–Trinajstić information content (AvgIpc) is 2.29. The van der Waals surface area contributed by atoms with Crippen LogP contribution in [0.25, 0.3) is 0 Å². The van der Waals surface area contributed by atoms with Crippen molar-refractivity contribution >= 4 is 21.8 Å². The minimum absolute atomic E-state index is 0.376. The van der Waals surface area contributed by atoms with Crippen LogP contribution < -0.4 is 9.44 Å². The second kappa shape index (κ2) is 6.96. The molecule has 1 aromatic rings. The summed E-state index contributed by atoms with van der Waals surface area (Å²) in [5.41, 5.74) is 1.05. The Balaban J connectivity index is 2.34. The quantitative estimate of drug-likeness (QED) is 0.797. The van der Waals surface area contributed by atoms with Gasteiger partial charge in [-0.15, -0.1) is 0 Å². The van der Waals surface area contributed by atoms with Gasteiger partial charge in [-0.1, -0.05) is 30.7 Å². The number of halogens is 1. The molecule has 0 fully saturated rings. The molecule has 2 N–H and O–H groups in total. The first-order valence-electron chi connectivity index (χ1n) is 5.52. The molecule has 17 heavy (non-hydrogen) atoms. The first-order chi connectivity index (χ1) is 8.03. The Kier molecular flexibility index (Phi) is 5.91. The van der Waals surface area contributed by atoms with Crippen LogP contribution in [0.3, 0.4) is 0 Å². The minimum atomic E-state index is -3.35. The van der Waals surface area contributed by atoms with Gasteiger partial charge >= 0.3 is 0 Å². The lowest BCUT2D eigenvalue weighted by atomic mass is 10.2. The van der Waals surface area contributed by atoms with Crippen molar-refractivity contribution in [2.24, 2.45) is 0 Å². The predicted molar refractivity (Wildman–Crippen MR) is 70.4 cm³/mol. The lowest BCUT2D eigenvalue weighted by Gasteiger charge is -2.07. The third-order valence-corrected chi connectivity index (χ3v) is 3.58. The molecule has 4 nitrogen and oxygen atoms in total. The zero-order chi connectivity index (χ0) is 12.7. The van der Waals surface area contributed by atoms with Crippen molar-refractivity contribution in [3.8, 4) is 0 Å². The smallest absolute Gasteiger partial charge is 0.202 e. The van der Waals surface area contributed by atoms with Crippen LogP contribution in [0, 0.1) is 0 Å². The minimum Gasteiger partial charge on any atom is -0.202 e. The first-order valence-corrected chi connectivity index (χ1v) is 7.38. The molecule has 96 valence electrons. The molecule has 0 heterocycles. The molecule has 0 saturated carbocycles. The zero-order valence-electron chi connectivity index (χ0n) is 9.74. The van der Waals surface area contributed by atoms with Crippen LogP contribution in [-0.2, 0) is 16.6 Å². The summed E-state index contributed by atoms with van der Waals surface area (Å²) in [6.45, 7) is 2.74. The number of hydrogen-bond acceptors (Lipinski definition) is 2. The Morgan fingerprint density at radius 1 is 1.12 bits per heavy atom. The normalized spacial score (nSPS) is 11.6. The summed E-state index contributed by atoms with van der Waals surface area (Å²) in [7, 11) is -3.35. The van der Waals surface area contributed by atoms with E-state index in [1.165, 1.54) is 0 Å². The molecule has 0 saturated heterocycles. The van der Waals surface area contributed by atoms with E-state index in [4.69, 9.17) is 11.6 Å². The van der Waals surface area contributed by atoms with Crippen LogP contribution in [0.5, 0.6) is 0 Å². The van der Waals surface area contributed by atoms with Crippen LogP contribution in [0.1, 0.15) is 18.9 Å². The topological polar surface area (TPSA) is 58.2 Å². The summed E-state index contributed by atoms with van der Waals surface area (Å²) in [4.78, 5) is 0. The third-order valence-electron chi connectivity index (χ3n) is 2.16. The van der Waals surface area contributed by atoms with Crippen LogP contribution >= 0.6 is 11.6 Å². The monoisotopic (exact) mass is 276 g/mol. The van der Waals surface area contributed by atoms with Crippen molar-refractivity contribution < 1.29 is 8.42 Å². The summed E-state index contributed by atoms with van der Waals surface area (Å²) in [6, 6.07) is 7.35. The van der Waals surface area contributed by atoms with Gasteiger partial charge in [0.25, 0.3) is 10.2 Å². The summed E-state index contributed by atoms with van der Waals surface area (Å²) in [6.07, 6.45) is 1.42. The molecule has 1 rings (SSSR count). The molecule has 0 aromatic heterocycles. The predicted octanol–water partition coefficient (Wildman–Crippen LogP) is 1.72. The maximum Gasteiger partial charge on any atom is 0.276 e. The van der Waals surface area contributed by atoms with E-state index in [0.29, 0.717) is 24.5 Å². The molecule has 0 unspecified atom stereocenters. The molecule has 0 radical (unpaired) electrons. The highest BCUT2D eigenvalue weighted by molar-refractivity contribution is 7.87. The maximum atomic E-state index is 11.4. The Morgan fingerprint density at radius 2 is 1.71 bits per heavy atom. The van der Waals surface area contributed by atoms with Gasteiger partial charge in [-0.2, -0.15) is 8.42 Å². The fourth-order valence-corrected chi connectivity index (χ4v) is 2.34. The van der Waals surface area contributed by atoms with Gasteiger partial charge in [0.1, 0.15) is 0 Å². The van der Waals surface area contributed by atoms with Crippen molar-refractivity contribution in [1.82, 2.24) is 9.44 Å². The highest BCUT2D eigenvalue weighted by Gasteiger charge is 2.06. The maximum absolute atomic E-state index is 11.4. The standard InChI is InChI=1S/C11H17ClN2O2S/c1-2-8-13-17(15,16)14-9-7-10-3-5-11(12)6-4-10/h3-6,13-14H,2,7-9H2,1H3. The molecule has 0 aliphatic rings. The lowest BCUT2D eigenvalue weighted by molar-refractivity contribution is 0.566. The molecule has 0 aliphatic carbocycles.